The van der Waals surface area contributed by atoms with E-state index in [1.54, 1.807) is 28.8 Å². The summed E-state index contributed by atoms with van der Waals surface area (Å²) in [6.45, 7) is 18.8. The second kappa shape index (κ2) is 13.1. The van der Waals surface area contributed by atoms with Crippen molar-refractivity contribution in [3.05, 3.63) is 63.7 Å². The van der Waals surface area contributed by atoms with Gasteiger partial charge in [-0.25, -0.2) is 9.48 Å². The normalized spacial score (nSPS) is 14.4. The van der Waals surface area contributed by atoms with E-state index < -0.39 is 12.0 Å². The van der Waals surface area contributed by atoms with Crippen molar-refractivity contribution >= 4 is 17.7 Å². The zero-order valence-corrected chi connectivity index (χ0v) is 26.2. The number of benzene rings is 1. The molecule has 0 unspecified atom stereocenters. The van der Waals surface area contributed by atoms with E-state index in [1.165, 1.54) is 10.9 Å². The van der Waals surface area contributed by atoms with Gasteiger partial charge in [-0.3, -0.25) is 14.5 Å². The molecule has 1 aromatic carbocycles. The minimum absolute atomic E-state index is 0.0253. The van der Waals surface area contributed by atoms with Crippen molar-refractivity contribution in [2.75, 3.05) is 44.7 Å². The van der Waals surface area contributed by atoms with E-state index in [-0.39, 0.29) is 28.0 Å². The lowest BCUT2D eigenvalue weighted by Crippen LogP contribution is -2.39. The molecule has 1 aliphatic heterocycles. The van der Waals surface area contributed by atoms with Crippen molar-refractivity contribution in [2.24, 2.45) is 5.41 Å². The van der Waals surface area contributed by atoms with Crippen molar-refractivity contribution in [1.82, 2.24) is 29.8 Å². The van der Waals surface area contributed by atoms with Crippen LogP contribution in [0.2, 0.25) is 0 Å². The molecule has 3 aromatic rings. The number of carbonyl (C=O) groups is 2. The van der Waals surface area contributed by atoms with Gasteiger partial charge in [0.25, 0.3) is 17.3 Å². The Kier molecular flexibility index (Phi) is 9.71. The van der Waals surface area contributed by atoms with Crippen LogP contribution in [0.25, 0.3) is 5.69 Å². The van der Waals surface area contributed by atoms with E-state index in [9.17, 15) is 14.4 Å². The Balaban J connectivity index is 1.52. The first-order chi connectivity index (χ1) is 20.2. The van der Waals surface area contributed by atoms with E-state index in [2.05, 4.69) is 46.6 Å². The second-order valence-electron chi connectivity index (χ2n) is 13.1. The van der Waals surface area contributed by atoms with Gasteiger partial charge in [-0.2, -0.15) is 0 Å². The van der Waals surface area contributed by atoms with Crippen LogP contribution in [0, 0.1) is 12.3 Å². The van der Waals surface area contributed by atoms with Gasteiger partial charge in [0.05, 0.1) is 25.1 Å². The first-order valence-corrected chi connectivity index (χ1v) is 14.5. The number of carbonyl (C=O) groups excluding carboxylic acids is 2. The molecule has 2 N–H and O–H groups in total. The summed E-state index contributed by atoms with van der Waals surface area (Å²) in [5.41, 5.74) is 2.31. The molecule has 3 heterocycles. The van der Waals surface area contributed by atoms with Gasteiger partial charge in [-0.1, -0.05) is 57.9 Å². The van der Waals surface area contributed by atoms with Crippen LogP contribution in [-0.4, -0.2) is 75.9 Å². The fourth-order valence-corrected chi connectivity index (χ4v) is 4.45. The van der Waals surface area contributed by atoms with Gasteiger partial charge in [0.2, 0.25) is 0 Å². The maximum Gasteiger partial charge on any atom is 0.414 e. The molecule has 12 nitrogen and oxygen atoms in total. The predicted molar refractivity (Wildman–Crippen MR) is 164 cm³/mol. The van der Waals surface area contributed by atoms with Crippen LogP contribution < -0.4 is 20.9 Å². The molecule has 2 aromatic heterocycles. The highest BCUT2D eigenvalue weighted by Gasteiger charge is 2.21. The summed E-state index contributed by atoms with van der Waals surface area (Å²) in [4.78, 5) is 41.3. The number of aryl methyl sites for hydroxylation is 1. The first kappa shape index (κ1) is 31.9. The van der Waals surface area contributed by atoms with Gasteiger partial charge in [0, 0.05) is 44.5 Å². The van der Waals surface area contributed by atoms with Gasteiger partial charge in [0.15, 0.2) is 0 Å². The number of ether oxygens (including phenoxy) is 2. The summed E-state index contributed by atoms with van der Waals surface area (Å²) >= 11 is 0. The van der Waals surface area contributed by atoms with Crippen LogP contribution >= 0.6 is 0 Å². The van der Waals surface area contributed by atoms with E-state index in [4.69, 9.17) is 9.47 Å². The van der Waals surface area contributed by atoms with Crippen molar-refractivity contribution in [2.45, 2.75) is 60.4 Å². The molecule has 1 saturated heterocycles. The molecule has 0 saturated carbocycles. The van der Waals surface area contributed by atoms with E-state index in [1.807, 2.05) is 33.9 Å². The third kappa shape index (κ3) is 8.74. The third-order valence-corrected chi connectivity index (χ3v) is 7.11. The van der Waals surface area contributed by atoms with Gasteiger partial charge < -0.3 is 24.7 Å². The van der Waals surface area contributed by atoms with Gasteiger partial charge in [-0.15, -0.1) is 0 Å². The number of pyridine rings is 1. The minimum Gasteiger partial charge on any atom is -0.388 e. The van der Waals surface area contributed by atoms with Crippen molar-refractivity contribution in [1.29, 1.82) is 0 Å². The Bertz CT molecular complexity index is 1510. The lowest BCUT2D eigenvalue weighted by Gasteiger charge is -2.27. The number of nitrogens with zero attached hydrogens (tertiary/aromatic N) is 5. The first-order valence-electron chi connectivity index (χ1n) is 14.5. The smallest absolute Gasteiger partial charge is 0.388 e. The average Bonchev–Trinajstić information content (AvgIpc) is 3.40. The lowest BCUT2D eigenvalue weighted by atomic mass is 9.88. The molecule has 0 aliphatic carbocycles. The molecule has 4 rings (SSSR count). The number of aromatic nitrogens is 4. The number of hydrogen-bond donors (Lipinski definition) is 2. The molecule has 12 heteroatoms. The Morgan fingerprint density at radius 3 is 2.42 bits per heavy atom. The third-order valence-electron chi connectivity index (χ3n) is 7.11. The fourth-order valence-electron chi connectivity index (χ4n) is 4.45. The zero-order valence-electron chi connectivity index (χ0n) is 26.2. The molecule has 1 aliphatic rings. The zero-order chi connectivity index (χ0) is 31.4. The van der Waals surface area contributed by atoms with Crippen molar-refractivity contribution in [3.8, 4) is 11.6 Å². The standard InChI is InChI=1S/C31H43N7O5/c1-21-8-9-22(16-25(21)38-19-26(34-35-38)43-29(41)32-20-30(2,3)4)27(39)33-24-17-23(31(5,6)7)18-37(28(24)40)11-10-36-12-14-42-15-13-36/h8-9,16-19H,10-15,20H2,1-7H3,(H,32,41)(H,33,39). The van der Waals surface area contributed by atoms with E-state index in [0.29, 0.717) is 44.1 Å². The molecule has 0 bridgehead atoms. The average molecular weight is 594 g/mol. The predicted octanol–water partition coefficient (Wildman–Crippen LogP) is 3.75. The van der Waals surface area contributed by atoms with Crippen molar-refractivity contribution < 1.29 is 19.1 Å². The summed E-state index contributed by atoms with van der Waals surface area (Å²) in [5, 5.41) is 13.6. The molecular weight excluding hydrogens is 550 g/mol. The number of nitrogens with one attached hydrogen (secondary N) is 2. The number of hydrogen-bond acceptors (Lipinski definition) is 8. The van der Waals surface area contributed by atoms with Crippen LogP contribution in [0.4, 0.5) is 10.5 Å². The van der Waals surface area contributed by atoms with Crippen LogP contribution in [0.1, 0.15) is 63.0 Å². The summed E-state index contributed by atoms with van der Waals surface area (Å²) < 4.78 is 13.8. The Labute approximate surface area is 252 Å². The maximum atomic E-state index is 13.5. The van der Waals surface area contributed by atoms with Crippen LogP contribution in [0.15, 0.2) is 41.5 Å². The van der Waals surface area contributed by atoms with Crippen molar-refractivity contribution in [3.63, 3.8) is 0 Å². The quantitative estimate of drug-likeness (QED) is 0.404. The molecule has 232 valence electrons. The topological polar surface area (TPSA) is 133 Å². The van der Waals surface area contributed by atoms with Gasteiger partial charge in [-0.05, 0) is 47.1 Å². The number of amides is 2. The van der Waals surface area contributed by atoms with Gasteiger partial charge in [0.1, 0.15) is 5.69 Å². The van der Waals surface area contributed by atoms with E-state index >= 15 is 0 Å². The maximum absolute atomic E-state index is 13.5. The number of rotatable bonds is 8. The van der Waals surface area contributed by atoms with E-state index in [0.717, 1.165) is 24.2 Å². The fraction of sp³-hybridized carbons (Fsp3) is 0.516. The molecule has 1 fully saturated rings. The Morgan fingerprint density at radius 1 is 1.02 bits per heavy atom. The SMILES string of the molecule is Cc1ccc(C(=O)Nc2cc(C(C)(C)C)cn(CCN3CCOCC3)c2=O)cc1-n1cc(OC(=O)NCC(C)(C)C)nn1. The monoisotopic (exact) mass is 593 g/mol. The summed E-state index contributed by atoms with van der Waals surface area (Å²) in [6, 6.07) is 6.89. The van der Waals surface area contributed by atoms with Crippen LogP contribution in [0.5, 0.6) is 5.88 Å². The largest absolute Gasteiger partial charge is 0.414 e. The summed E-state index contributed by atoms with van der Waals surface area (Å²) in [5.74, 6) is -0.403. The highest BCUT2D eigenvalue weighted by atomic mass is 16.6. The highest BCUT2D eigenvalue weighted by Crippen LogP contribution is 2.24. The molecule has 0 atom stereocenters. The summed E-state index contributed by atoms with van der Waals surface area (Å²) in [6.07, 6.45) is 2.73. The number of anilines is 1. The Morgan fingerprint density at radius 2 is 1.74 bits per heavy atom. The molecule has 43 heavy (non-hydrogen) atoms. The Hall–Kier alpha value is -4.03. The molecule has 2 amide bonds. The molecular formula is C31H43N7O5. The highest BCUT2D eigenvalue weighted by molar-refractivity contribution is 6.04. The summed E-state index contributed by atoms with van der Waals surface area (Å²) in [7, 11) is 0. The van der Waals surface area contributed by atoms with Crippen LogP contribution in [0.3, 0.4) is 0 Å². The second-order valence-corrected chi connectivity index (χ2v) is 13.1. The minimum atomic E-state index is -0.625. The van der Waals surface area contributed by atoms with Crippen LogP contribution in [-0.2, 0) is 16.7 Å². The lowest BCUT2D eigenvalue weighted by molar-refractivity contribution is 0.0362. The molecule has 0 radical (unpaired) electrons. The number of morpholine rings is 1. The molecule has 0 spiro atoms. The van der Waals surface area contributed by atoms with Gasteiger partial charge >= 0.3 is 6.09 Å².